The number of hydrogen-bond donors (Lipinski definition) is 2. The summed E-state index contributed by atoms with van der Waals surface area (Å²) in [7, 11) is 0. The number of aromatic nitrogens is 6. The maximum Gasteiger partial charge on any atom is 0.273 e. The number of aryl methyl sites for hydroxylation is 1. The molecule has 1 aliphatic heterocycles. The lowest BCUT2D eigenvalue weighted by atomic mass is 9.92. The molecule has 26 heavy (non-hydrogen) atoms. The molecule has 142 valence electrons. The van der Waals surface area contributed by atoms with Crippen LogP contribution in [0.3, 0.4) is 0 Å². The van der Waals surface area contributed by atoms with Crippen molar-refractivity contribution in [2.75, 3.05) is 6.54 Å². The number of nitrogens with two attached hydrogens (primary N) is 1. The molecule has 4 rings (SSSR count). The lowest BCUT2D eigenvalue weighted by Crippen LogP contribution is -2.30. The van der Waals surface area contributed by atoms with E-state index in [9.17, 15) is 4.79 Å². The molecule has 3 N–H and O–H groups in total. The second-order valence-corrected chi connectivity index (χ2v) is 7.21. The van der Waals surface area contributed by atoms with Crippen LogP contribution in [0.2, 0.25) is 0 Å². The van der Waals surface area contributed by atoms with Gasteiger partial charge in [0.1, 0.15) is 11.6 Å². The Morgan fingerprint density at radius 2 is 2.04 bits per heavy atom. The van der Waals surface area contributed by atoms with Crippen LogP contribution in [0.5, 0.6) is 0 Å². The third-order valence-electron chi connectivity index (χ3n) is 5.33. The average Bonchev–Trinajstić information content (AvgIpc) is 3.31. The largest absolute Gasteiger partial charge is 0.350 e. The summed E-state index contributed by atoms with van der Waals surface area (Å²) in [6.45, 7) is 3.41. The number of nitrogens with one attached hydrogen (secondary N) is 1. The molecule has 2 aromatic heterocycles. The number of halogens is 1. The molecular weight excluding hydrogens is 356 g/mol. The Balaban J connectivity index is 0.00000196. The SMILES string of the molecule is Cc1nnc2n1CC(CNC(=O)c1cn(C3CCC(N)CC3)nn1)C2.Cl. The van der Waals surface area contributed by atoms with E-state index in [1.807, 2.05) is 11.6 Å². The molecule has 10 heteroatoms. The molecule has 0 radical (unpaired) electrons. The predicted octanol–water partition coefficient (Wildman–Crippen LogP) is 0.645. The molecule has 0 bridgehead atoms. The summed E-state index contributed by atoms with van der Waals surface area (Å²) in [6.07, 6.45) is 6.58. The Morgan fingerprint density at radius 3 is 2.77 bits per heavy atom. The minimum Gasteiger partial charge on any atom is -0.350 e. The van der Waals surface area contributed by atoms with Crippen LogP contribution in [0.25, 0.3) is 0 Å². The van der Waals surface area contributed by atoms with E-state index in [4.69, 9.17) is 5.73 Å². The van der Waals surface area contributed by atoms with Crippen LogP contribution in [0, 0.1) is 12.8 Å². The van der Waals surface area contributed by atoms with Crippen molar-refractivity contribution in [2.24, 2.45) is 11.7 Å². The third-order valence-corrected chi connectivity index (χ3v) is 5.33. The van der Waals surface area contributed by atoms with Crippen molar-refractivity contribution >= 4 is 18.3 Å². The van der Waals surface area contributed by atoms with Crippen LogP contribution in [0.4, 0.5) is 0 Å². The maximum atomic E-state index is 12.3. The van der Waals surface area contributed by atoms with Crippen LogP contribution >= 0.6 is 12.4 Å². The zero-order chi connectivity index (χ0) is 17.4. The van der Waals surface area contributed by atoms with Gasteiger partial charge in [-0.05, 0) is 32.6 Å². The van der Waals surface area contributed by atoms with Gasteiger partial charge in [0, 0.05) is 31.5 Å². The second kappa shape index (κ2) is 7.71. The van der Waals surface area contributed by atoms with Crippen molar-refractivity contribution in [1.82, 2.24) is 35.1 Å². The molecule has 0 aromatic carbocycles. The Kier molecular flexibility index (Phi) is 5.57. The van der Waals surface area contributed by atoms with Crippen molar-refractivity contribution in [3.8, 4) is 0 Å². The summed E-state index contributed by atoms with van der Waals surface area (Å²) >= 11 is 0. The summed E-state index contributed by atoms with van der Waals surface area (Å²) in [4.78, 5) is 12.3. The number of carbonyl (C=O) groups is 1. The first-order valence-corrected chi connectivity index (χ1v) is 8.94. The Bertz CT molecular complexity index is 764. The van der Waals surface area contributed by atoms with Gasteiger partial charge < -0.3 is 15.6 Å². The Labute approximate surface area is 158 Å². The molecule has 0 saturated heterocycles. The van der Waals surface area contributed by atoms with Crippen molar-refractivity contribution in [2.45, 2.75) is 57.7 Å². The van der Waals surface area contributed by atoms with Crippen LogP contribution in [-0.4, -0.2) is 48.3 Å². The van der Waals surface area contributed by atoms with E-state index in [1.54, 1.807) is 6.20 Å². The summed E-state index contributed by atoms with van der Waals surface area (Å²) in [5, 5.41) is 19.4. The molecule has 0 spiro atoms. The third kappa shape index (κ3) is 3.73. The second-order valence-electron chi connectivity index (χ2n) is 7.21. The first kappa shape index (κ1) is 18.8. The number of fused-ring (bicyclic) bond motifs is 1. The fourth-order valence-corrected chi connectivity index (χ4v) is 3.78. The Hall–Kier alpha value is -2.00. The van der Waals surface area contributed by atoms with Crippen LogP contribution in [-0.2, 0) is 13.0 Å². The van der Waals surface area contributed by atoms with Gasteiger partial charge in [-0.1, -0.05) is 5.21 Å². The van der Waals surface area contributed by atoms with Gasteiger partial charge in [0.05, 0.1) is 12.2 Å². The first-order chi connectivity index (χ1) is 12.1. The van der Waals surface area contributed by atoms with Crippen molar-refractivity contribution < 1.29 is 4.79 Å². The van der Waals surface area contributed by atoms with E-state index in [2.05, 4.69) is 30.4 Å². The molecule has 1 aliphatic carbocycles. The van der Waals surface area contributed by atoms with Gasteiger partial charge in [-0.15, -0.1) is 27.7 Å². The molecule has 1 unspecified atom stereocenters. The van der Waals surface area contributed by atoms with Gasteiger partial charge in [0.2, 0.25) is 0 Å². The predicted molar refractivity (Wildman–Crippen MR) is 97.0 cm³/mol. The van der Waals surface area contributed by atoms with Gasteiger partial charge in [0.25, 0.3) is 5.91 Å². The topological polar surface area (TPSA) is 117 Å². The molecule has 2 aromatic rings. The first-order valence-electron chi connectivity index (χ1n) is 8.94. The summed E-state index contributed by atoms with van der Waals surface area (Å²) < 4.78 is 3.93. The minimum atomic E-state index is -0.168. The fraction of sp³-hybridized carbons (Fsp3) is 0.688. The summed E-state index contributed by atoms with van der Waals surface area (Å²) in [6, 6.07) is 0.596. The number of amides is 1. The maximum absolute atomic E-state index is 12.3. The van der Waals surface area contributed by atoms with Crippen LogP contribution < -0.4 is 11.1 Å². The molecule has 3 heterocycles. The normalized spacial score (nSPS) is 24.8. The molecule has 1 fully saturated rings. The number of carbonyl (C=O) groups excluding carboxylic acids is 1. The highest BCUT2D eigenvalue weighted by Crippen LogP contribution is 2.26. The molecule has 1 amide bonds. The van der Waals surface area contributed by atoms with Gasteiger partial charge in [0.15, 0.2) is 5.69 Å². The fourth-order valence-electron chi connectivity index (χ4n) is 3.78. The smallest absolute Gasteiger partial charge is 0.273 e. The molecule has 9 nitrogen and oxygen atoms in total. The summed E-state index contributed by atoms with van der Waals surface area (Å²) in [5.41, 5.74) is 6.32. The summed E-state index contributed by atoms with van der Waals surface area (Å²) in [5.74, 6) is 2.11. The highest BCUT2D eigenvalue weighted by atomic mass is 35.5. The minimum absolute atomic E-state index is 0. The van der Waals surface area contributed by atoms with Crippen molar-refractivity contribution in [1.29, 1.82) is 0 Å². The van der Waals surface area contributed by atoms with E-state index in [0.29, 0.717) is 30.2 Å². The standard InChI is InChI=1S/C16H24N8O.ClH/c1-10-19-21-15-6-11(8-23(10)15)7-18-16(25)14-9-24(22-20-14)13-4-2-12(17)3-5-13;/h9,11-13H,2-8,17H2,1H3,(H,18,25);1H. The van der Waals surface area contributed by atoms with E-state index >= 15 is 0 Å². The zero-order valence-electron chi connectivity index (χ0n) is 14.8. The van der Waals surface area contributed by atoms with E-state index in [0.717, 1.165) is 50.3 Å². The number of rotatable bonds is 4. The van der Waals surface area contributed by atoms with E-state index < -0.39 is 0 Å². The quantitative estimate of drug-likeness (QED) is 0.804. The number of hydrogen-bond acceptors (Lipinski definition) is 6. The molecular formula is C16H25ClN8O. The lowest BCUT2D eigenvalue weighted by molar-refractivity contribution is 0.0941. The Morgan fingerprint density at radius 1 is 1.27 bits per heavy atom. The molecule has 1 saturated carbocycles. The highest BCUT2D eigenvalue weighted by molar-refractivity contribution is 5.91. The average molecular weight is 381 g/mol. The van der Waals surface area contributed by atoms with Gasteiger partial charge in [-0.25, -0.2) is 4.68 Å². The van der Waals surface area contributed by atoms with Crippen LogP contribution in [0.15, 0.2) is 6.20 Å². The zero-order valence-corrected chi connectivity index (χ0v) is 15.7. The van der Waals surface area contributed by atoms with E-state index in [1.165, 1.54) is 0 Å². The molecule has 2 aliphatic rings. The van der Waals surface area contributed by atoms with Crippen molar-refractivity contribution in [3.63, 3.8) is 0 Å². The lowest BCUT2D eigenvalue weighted by Gasteiger charge is -2.25. The van der Waals surface area contributed by atoms with Gasteiger partial charge in [-0.2, -0.15) is 0 Å². The van der Waals surface area contributed by atoms with E-state index in [-0.39, 0.29) is 18.3 Å². The van der Waals surface area contributed by atoms with Crippen molar-refractivity contribution in [3.05, 3.63) is 23.5 Å². The number of nitrogens with zero attached hydrogens (tertiary/aromatic N) is 6. The molecule has 1 atom stereocenters. The van der Waals surface area contributed by atoms with Crippen LogP contribution in [0.1, 0.15) is 53.9 Å². The monoisotopic (exact) mass is 380 g/mol. The van der Waals surface area contributed by atoms with Gasteiger partial charge >= 0.3 is 0 Å². The highest BCUT2D eigenvalue weighted by Gasteiger charge is 2.26. The van der Waals surface area contributed by atoms with Gasteiger partial charge in [-0.3, -0.25) is 4.79 Å².